The van der Waals surface area contributed by atoms with E-state index in [1.54, 1.807) is 13.0 Å². The van der Waals surface area contributed by atoms with Crippen LogP contribution in [0.2, 0.25) is 0 Å². The average Bonchev–Trinajstić information content (AvgIpc) is 1.61. The van der Waals surface area contributed by atoms with Crippen molar-refractivity contribution in [1.29, 1.82) is 0 Å². The molecule has 0 saturated heterocycles. The summed E-state index contributed by atoms with van der Waals surface area (Å²) >= 11 is 0. The second-order valence-electron chi connectivity index (χ2n) is 1.37. The Labute approximate surface area is 44.4 Å². The summed E-state index contributed by atoms with van der Waals surface area (Å²) in [5.74, 6) is 0. The maximum Gasteiger partial charge on any atom is 0.0900 e. The van der Waals surface area contributed by atoms with Crippen molar-refractivity contribution < 1.29 is 0 Å². The summed E-state index contributed by atoms with van der Waals surface area (Å²) in [7, 11) is 0. The molecule has 0 aliphatic carbocycles. The van der Waals surface area contributed by atoms with Gasteiger partial charge in [-0.2, -0.15) is 0 Å². The lowest BCUT2D eigenvalue weighted by Gasteiger charge is -1.99. The third-order valence-corrected chi connectivity index (χ3v) is 0.558. The number of nitrogens with one attached hydrogen (secondary N) is 1. The van der Waals surface area contributed by atoms with Crippen LogP contribution >= 0.6 is 0 Å². The van der Waals surface area contributed by atoms with E-state index in [4.69, 9.17) is 5.73 Å². The summed E-state index contributed by atoms with van der Waals surface area (Å²) in [4.78, 5) is 0. The van der Waals surface area contributed by atoms with E-state index < -0.39 is 6.17 Å². The van der Waals surface area contributed by atoms with Crippen molar-refractivity contribution in [3.8, 4) is 0 Å². The molecule has 0 aromatic carbocycles. The smallest absolute Gasteiger partial charge is 0.0900 e. The molecular weight excluding hydrogens is 88.1 g/mol. The minimum atomic E-state index is -0.419. The Morgan fingerprint density at radius 2 is 2.57 bits per heavy atom. The van der Waals surface area contributed by atoms with Crippen molar-refractivity contribution in [2.75, 3.05) is 6.54 Å². The van der Waals surface area contributed by atoms with Gasteiger partial charge in [-0.1, -0.05) is 6.08 Å². The van der Waals surface area contributed by atoms with Gasteiger partial charge in [0.05, 0.1) is 6.17 Å². The van der Waals surface area contributed by atoms with Crippen LogP contribution in [0.5, 0.6) is 0 Å². The molecular formula is C5H10N2. The third kappa shape index (κ3) is 5.66. The van der Waals surface area contributed by atoms with Gasteiger partial charge < -0.3 is 0 Å². The Morgan fingerprint density at radius 1 is 2.00 bits per heavy atom. The predicted octanol–water partition coefficient (Wildman–Crippen LogP) is 0.177. The molecule has 2 heteroatoms. The summed E-state index contributed by atoms with van der Waals surface area (Å²) < 4.78 is 0. The highest BCUT2D eigenvalue weighted by Crippen LogP contribution is 1.66. The summed E-state index contributed by atoms with van der Waals surface area (Å²) in [5.41, 5.74) is 8.52. The SMILES string of the molecule is C=CCNC(C)[N]. The van der Waals surface area contributed by atoms with Crippen molar-refractivity contribution in [3.05, 3.63) is 12.7 Å². The van der Waals surface area contributed by atoms with E-state index in [0.717, 1.165) is 0 Å². The Hall–Kier alpha value is -0.340. The molecule has 1 N–H and O–H groups in total. The summed E-state index contributed by atoms with van der Waals surface area (Å²) in [6, 6.07) is 0. The number of hydrogen-bond acceptors (Lipinski definition) is 1. The standard InChI is InChI=1S/C5H10N2/c1-3-4-7-5(2)6/h3,5,7H,1,4H2,2H3. The van der Waals surface area contributed by atoms with E-state index in [1.807, 2.05) is 0 Å². The summed E-state index contributed by atoms with van der Waals surface area (Å²) in [6.07, 6.45) is 1.28. The monoisotopic (exact) mass is 98.1 g/mol. The molecule has 1 unspecified atom stereocenters. The van der Waals surface area contributed by atoms with Gasteiger partial charge in [0.1, 0.15) is 0 Å². The first-order valence-electron chi connectivity index (χ1n) is 2.29. The molecule has 2 radical (unpaired) electrons. The van der Waals surface area contributed by atoms with E-state index in [-0.39, 0.29) is 0 Å². The minimum absolute atomic E-state index is 0.419. The molecule has 0 fully saturated rings. The number of hydrogen-bond donors (Lipinski definition) is 1. The molecule has 0 aliphatic rings. The second-order valence-corrected chi connectivity index (χ2v) is 1.37. The first-order valence-corrected chi connectivity index (χ1v) is 2.29. The molecule has 7 heavy (non-hydrogen) atoms. The Balaban J connectivity index is 2.81. The van der Waals surface area contributed by atoms with Crippen LogP contribution in [0.4, 0.5) is 0 Å². The van der Waals surface area contributed by atoms with Gasteiger partial charge in [-0.15, -0.1) is 12.3 Å². The van der Waals surface area contributed by atoms with Gasteiger partial charge in [0.15, 0.2) is 0 Å². The van der Waals surface area contributed by atoms with E-state index in [2.05, 4.69) is 11.9 Å². The molecule has 0 amide bonds. The van der Waals surface area contributed by atoms with Crippen LogP contribution in [0.25, 0.3) is 0 Å². The molecule has 2 nitrogen and oxygen atoms in total. The van der Waals surface area contributed by atoms with Crippen LogP contribution in [-0.4, -0.2) is 12.7 Å². The lowest BCUT2D eigenvalue weighted by Crippen LogP contribution is -2.26. The zero-order chi connectivity index (χ0) is 5.70. The van der Waals surface area contributed by atoms with Crippen LogP contribution in [0, 0.1) is 0 Å². The molecule has 0 aliphatic heterocycles. The molecule has 1 atom stereocenters. The molecule has 40 valence electrons. The molecule has 0 rings (SSSR count). The van der Waals surface area contributed by atoms with Crippen molar-refractivity contribution >= 4 is 0 Å². The maximum atomic E-state index is 8.52. The van der Waals surface area contributed by atoms with Crippen LogP contribution in [-0.2, 0) is 0 Å². The van der Waals surface area contributed by atoms with E-state index in [9.17, 15) is 0 Å². The van der Waals surface area contributed by atoms with Gasteiger partial charge in [-0.3, -0.25) is 5.32 Å². The van der Waals surface area contributed by atoms with Crippen molar-refractivity contribution in [2.24, 2.45) is 0 Å². The Kier molecular flexibility index (Phi) is 3.65. The normalized spacial score (nSPS) is 13.4. The Bertz CT molecular complexity index is 50.0. The minimum Gasteiger partial charge on any atom is -0.296 e. The molecule has 0 saturated carbocycles. The fraction of sp³-hybridized carbons (Fsp3) is 0.600. The second kappa shape index (κ2) is 3.84. The molecule has 0 bridgehead atoms. The van der Waals surface area contributed by atoms with Gasteiger partial charge in [0.25, 0.3) is 0 Å². The average molecular weight is 98.1 g/mol. The molecule has 0 spiro atoms. The zero-order valence-electron chi connectivity index (χ0n) is 4.52. The third-order valence-electron chi connectivity index (χ3n) is 0.558. The predicted molar refractivity (Wildman–Crippen MR) is 29.8 cm³/mol. The fourth-order valence-corrected chi connectivity index (χ4v) is 0.254. The van der Waals surface area contributed by atoms with E-state index in [0.29, 0.717) is 6.54 Å². The summed E-state index contributed by atoms with van der Waals surface area (Å²) in [5, 5.41) is 2.73. The van der Waals surface area contributed by atoms with Gasteiger partial charge in [0.2, 0.25) is 0 Å². The van der Waals surface area contributed by atoms with E-state index in [1.165, 1.54) is 0 Å². The highest BCUT2D eigenvalue weighted by Gasteiger charge is 1.86. The highest BCUT2D eigenvalue weighted by molar-refractivity contribution is 4.70. The summed E-state index contributed by atoms with van der Waals surface area (Å²) in [6.45, 7) is 5.79. The molecule has 0 heterocycles. The van der Waals surface area contributed by atoms with Gasteiger partial charge in [0, 0.05) is 6.54 Å². The largest absolute Gasteiger partial charge is 0.296 e. The topological polar surface area (TPSA) is 34.3 Å². The Morgan fingerprint density at radius 3 is 2.71 bits per heavy atom. The van der Waals surface area contributed by atoms with Gasteiger partial charge >= 0.3 is 0 Å². The van der Waals surface area contributed by atoms with Crippen LogP contribution in [0.1, 0.15) is 6.92 Å². The lowest BCUT2D eigenvalue weighted by atomic mass is 10.5. The zero-order valence-corrected chi connectivity index (χ0v) is 4.52. The number of nitrogens with zero attached hydrogens (tertiary/aromatic N) is 1. The van der Waals surface area contributed by atoms with Crippen LogP contribution < -0.4 is 11.1 Å². The van der Waals surface area contributed by atoms with Crippen molar-refractivity contribution in [3.63, 3.8) is 0 Å². The first kappa shape index (κ1) is 6.66. The van der Waals surface area contributed by atoms with Gasteiger partial charge in [-0.05, 0) is 6.92 Å². The van der Waals surface area contributed by atoms with Gasteiger partial charge in [-0.25, -0.2) is 0 Å². The lowest BCUT2D eigenvalue weighted by molar-refractivity contribution is 0.590. The highest BCUT2D eigenvalue weighted by atomic mass is 15.0. The fourth-order valence-electron chi connectivity index (χ4n) is 0.254. The molecule has 0 aromatic rings. The van der Waals surface area contributed by atoms with E-state index >= 15 is 0 Å². The molecule has 0 aromatic heterocycles. The maximum absolute atomic E-state index is 8.52. The van der Waals surface area contributed by atoms with Crippen molar-refractivity contribution in [2.45, 2.75) is 13.1 Å². The van der Waals surface area contributed by atoms with Crippen LogP contribution in [0.15, 0.2) is 12.7 Å². The van der Waals surface area contributed by atoms with Crippen LogP contribution in [0.3, 0.4) is 0 Å². The van der Waals surface area contributed by atoms with Crippen molar-refractivity contribution in [1.82, 2.24) is 11.1 Å². The first-order chi connectivity index (χ1) is 3.27. The quantitative estimate of drug-likeness (QED) is 0.502. The number of rotatable bonds is 3.